The third kappa shape index (κ3) is 1.35. The molecule has 8 heavy (non-hydrogen) atoms. The minimum Gasteiger partial charge on any atom is -0.369 e. The van der Waals surface area contributed by atoms with Crippen molar-refractivity contribution in [2.24, 2.45) is 0 Å². The molecule has 0 atom stereocenters. The molecule has 0 fully saturated rings. The first-order chi connectivity index (χ1) is 3.89. The molecule has 0 amide bonds. The van der Waals surface area contributed by atoms with Crippen molar-refractivity contribution in [3.05, 3.63) is 12.3 Å². The van der Waals surface area contributed by atoms with E-state index in [0.29, 0.717) is 6.73 Å². The summed E-state index contributed by atoms with van der Waals surface area (Å²) < 4.78 is 4.78. The molecule has 0 aromatic heterocycles. The van der Waals surface area contributed by atoms with Gasteiger partial charge in [-0.1, -0.05) is 0 Å². The summed E-state index contributed by atoms with van der Waals surface area (Å²) in [5.41, 5.74) is 0. The summed E-state index contributed by atoms with van der Waals surface area (Å²) in [6, 6.07) is 0. The molecule has 0 aliphatic carbocycles. The van der Waals surface area contributed by atoms with E-state index in [1.54, 1.807) is 6.20 Å². The van der Waals surface area contributed by atoms with Gasteiger partial charge in [0.05, 0.1) is 0 Å². The zero-order valence-electron chi connectivity index (χ0n) is 4.39. The lowest BCUT2D eigenvalue weighted by Gasteiger charge is -1.93. The van der Waals surface area contributed by atoms with Gasteiger partial charge >= 0.3 is 0 Å². The molecule has 44 valence electrons. The predicted octanol–water partition coefficient (Wildman–Crippen LogP) is -0.354. The van der Waals surface area contributed by atoms with Crippen LogP contribution in [0.1, 0.15) is 0 Å². The van der Waals surface area contributed by atoms with E-state index in [1.807, 2.05) is 0 Å². The molecule has 0 aromatic carbocycles. The number of nitrogens with one attached hydrogen (secondary N) is 1. The van der Waals surface area contributed by atoms with Gasteiger partial charge in [-0.15, -0.1) is 0 Å². The average Bonchev–Trinajstić information content (AvgIpc) is 1.94. The number of ether oxygens (including phenoxy) is 1. The van der Waals surface area contributed by atoms with Crippen LogP contribution >= 0.6 is 0 Å². The van der Waals surface area contributed by atoms with Crippen LogP contribution in [-0.4, -0.2) is 19.1 Å². The molecule has 1 N–H and O–H groups in total. The maximum absolute atomic E-state index is 10.4. The van der Waals surface area contributed by atoms with Crippen LogP contribution in [0, 0.1) is 0 Å². The Morgan fingerprint density at radius 3 is 3.50 bits per heavy atom. The number of ketones is 1. The van der Waals surface area contributed by atoms with E-state index in [1.165, 1.54) is 6.08 Å². The van der Waals surface area contributed by atoms with Crippen molar-refractivity contribution in [3.63, 3.8) is 0 Å². The highest BCUT2D eigenvalue weighted by Gasteiger charge is 1.97. The van der Waals surface area contributed by atoms with Crippen LogP contribution in [0.4, 0.5) is 0 Å². The van der Waals surface area contributed by atoms with Gasteiger partial charge in [0.1, 0.15) is 13.3 Å². The fourth-order valence-corrected chi connectivity index (χ4v) is 0.459. The van der Waals surface area contributed by atoms with Crippen molar-refractivity contribution < 1.29 is 9.53 Å². The van der Waals surface area contributed by atoms with Gasteiger partial charge in [0.25, 0.3) is 0 Å². The van der Waals surface area contributed by atoms with Gasteiger partial charge in [0, 0.05) is 6.20 Å². The van der Waals surface area contributed by atoms with Crippen molar-refractivity contribution in [2.75, 3.05) is 13.3 Å². The summed E-state index contributed by atoms with van der Waals surface area (Å²) in [6.45, 7) is 0.631. The van der Waals surface area contributed by atoms with Crippen LogP contribution in [0.2, 0.25) is 0 Å². The molecule has 0 saturated heterocycles. The molecular weight excluding hydrogens is 106 g/mol. The van der Waals surface area contributed by atoms with Gasteiger partial charge in [-0.25, -0.2) is 0 Å². The van der Waals surface area contributed by atoms with Gasteiger partial charge in [0.2, 0.25) is 0 Å². The first-order valence-corrected chi connectivity index (χ1v) is 2.40. The zero-order chi connectivity index (χ0) is 5.82. The van der Waals surface area contributed by atoms with Crippen molar-refractivity contribution >= 4 is 5.78 Å². The summed E-state index contributed by atoms with van der Waals surface area (Å²) in [5, 5.41) is 2.75. The molecule has 1 heterocycles. The molecule has 1 aliphatic rings. The highest BCUT2D eigenvalue weighted by atomic mass is 16.5. The summed E-state index contributed by atoms with van der Waals surface area (Å²) in [5.74, 6) is 0.00926. The first-order valence-electron chi connectivity index (χ1n) is 2.40. The summed E-state index contributed by atoms with van der Waals surface area (Å²) >= 11 is 0. The lowest BCUT2D eigenvalue weighted by molar-refractivity contribution is -0.118. The van der Waals surface area contributed by atoms with E-state index in [4.69, 9.17) is 4.74 Å². The number of carbonyl (C=O) groups is 1. The lowest BCUT2D eigenvalue weighted by Crippen LogP contribution is -2.09. The van der Waals surface area contributed by atoms with Crippen molar-refractivity contribution in [1.29, 1.82) is 0 Å². The normalized spacial score (nSPS) is 19.8. The maximum atomic E-state index is 10.4. The standard InChI is InChI=1S/C5H7NO2/c7-5-1-2-6-4-8-3-5/h1-2,6H,3-4H2. The van der Waals surface area contributed by atoms with Gasteiger partial charge in [-0.3, -0.25) is 4.79 Å². The SMILES string of the molecule is O=C1C=CNCOC1. The van der Waals surface area contributed by atoms with Crippen LogP contribution < -0.4 is 5.32 Å². The van der Waals surface area contributed by atoms with E-state index in [0.717, 1.165) is 0 Å². The van der Waals surface area contributed by atoms with Gasteiger partial charge < -0.3 is 10.1 Å². The number of carbonyl (C=O) groups excluding carboxylic acids is 1. The second-order valence-corrected chi connectivity index (χ2v) is 1.50. The molecule has 0 saturated carbocycles. The first kappa shape index (κ1) is 5.31. The minimum absolute atomic E-state index is 0.00926. The summed E-state index contributed by atoms with van der Waals surface area (Å²) in [7, 11) is 0. The lowest BCUT2D eigenvalue weighted by atomic mass is 10.4. The molecule has 0 radical (unpaired) electrons. The molecule has 0 aromatic rings. The monoisotopic (exact) mass is 113 g/mol. The molecule has 0 bridgehead atoms. The van der Waals surface area contributed by atoms with Gasteiger partial charge in [-0.05, 0) is 6.08 Å². The number of hydrogen-bond acceptors (Lipinski definition) is 3. The Balaban J connectivity index is 2.44. The maximum Gasteiger partial charge on any atom is 0.182 e. The Morgan fingerprint density at radius 2 is 2.62 bits per heavy atom. The summed E-state index contributed by atoms with van der Waals surface area (Å²) in [6.07, 6.45) is 3.06. The van der Waals surface area contributed by atoms with E-state index < -0.39 is 0 Å². The number of rotatable bonds is 0. The Morgan fingerprint density at radius 1 is 1.75 bits per heavy atom. The topological polar surface area (TPSA) is 38.3 Å². The van der Waals surface area contributed by atoms with E-state index in [9.17, 15) is 4.79 Å². The van der Waals surface area contributed by atoms with Crippen LogP contribution in [0.5, 0.6) is 0 Å². The van der Waals surface area contributed by atoms with E-state index in [-0.39, 0.29) is 12.4 Å². The fourth-order valence-electron chi connectivity index (χ4n) is 0.459. The third-order valence-corrected chi connectivity index (χ3v) is 0.817. The Bertz CT molecular complexity index is 120. The molecule has 3 nitrogen and oxygen atoms in total. The molecule has 0 spiro atoms. The molecule has 0 unspecified atom stereocenters. The second kappa shape index (κ2) is 2.47. The van der Waals surface area contributed by atoms with Crippen LogP contribution in [-0.2, 0) is 9.53 Å². The van der Waals surface area contributed by atoms with Crippen LogP contribution in [0.3, 0.4) is 0 Å². The molecule has 1 rings (SSSR count). The zero-order valence-corrected chi connectivity index (χ0v) is 4.39. The quantitative estimate of drug-likeness (QED) is 0.466. The highest BCUT2D eigenvalue weighted by molar-refractivity contribution is 5.90. The predicted molar refractivity (Wildman–Crippen MR) is 28.1 cm³/mol. The smallest absolute Gasteiger partial charge is 0.182 e. The Labute approximate surface area is 47.3 Å². The molecular formula is C5H7NO2. The Kier molecular flexibility index (Phi) is 1.64. The minimum atomic E-state index is 0.00926. The second-order valence-electron chi connectivity index (χ2n) is 1.50. The van der Waals surface area contributed by atoms with Crippen molar-refractivity contribution in [2.45, 2.75) is 0 Å². The van der Waals surface area contributed by atoms with E-state index >= 15 is 0 Å². The van der Waals surface area contributed by atoms with Crippen LogP contribution in [0.25, 0.3) is 0 Å². The van der Waals surface area contributed by atoms with Crippen molar-refractivity contribution in [3.8, 4) is 0 Å². The molecule has 3 heteroatoms. The van der Waals surface area contributed by atoms with Crippen LogP contribution in [0.15, 0.2) is 12.3 Å². The Hall–Kier alpha value is -0.830. The largest absolute Gasteiger partial charge is 0.369 e. The highest BCUT2D eigenvalue weighted by Crippen LogP contribution is 1.82. The average molecular weight is 113 g/mol. The fraction of sp³-hybridized carbons (Fsp3) is 0.400. The number of hydrogen-bond donors (Lipinski definition) is 1. The summed E-state index contributed by atoms with van der Waals surface area (Å²) in [4.78, 5) is 10.4. The van der Waals surface area contributed by atoms with Crippen molar-refractivity contribution in [1.82, 2.24) is 5.32 Å². The van der Waals surface area contributed by atoms with E-state index in [2.05, 4.69) is 5.32 Å². The third-order valence-electron chi connectivity index (χ3n) is 0.817. The van der Waals surface area contributed by atoms with Gasteiger partial charge in [0.15, 0.2) is 5.78 Å². The molecule has 1 aliphatic heterocycles. The van der Waals surface area contributed by atoms with Gasteiger partial charge in [-0.2, -0.15) is 0 Å².